The summed E-state index contributed by atoms with van der Waals surface area (Å²) in [6, 6.07) is -0.204. The van der Waals surface area contributed by atoms with Gasteiger partial charge in [-0.25, -0.2) is 8.42 Å². The number of aliphatic hydroxyl groups is 1. The zero-order chi connectivity index (χ0) is 10.6. The summed E-state index contributed by atoms with van der Waals surface area (Å²) in [5, 5.41) is 9.00. The number of aliphatic hydroxyl groups excluding tert-OH is 1. The van der Waals surface area contributed by atoms with Gasteiger partial charge in [0.25, 0.3) is 0 Å². The summed E-state index contributed by atoms with van der Waals surface area (Å²) in [7, 11) is -3.09. The third kappa shape index (κ3) is 2.56. The van der Waals surface area contributed by atoms with E-state index < -0.39 is 10.0 Å². The molecule has 1 aliphatic heterocycles. The van der Waals surface area contributed by atoms with Gasteiger partial charge in [-0.2, -0.15) is 4.31 Å². The second kappa shape index (κ2) is 4.91. The van der Waals surface area contributed by atoms with Crippen LogP contribution < -0.4 is 0 Å². The van der Waals surface area contributed by atoms with E-state index in [1.807, 2.05) is 0 Å². The Morgan fingerprint density at radius 1 is 1.57 bits per heavy atom. The lowest BCUT2D eigenvalue weighted by Crippen LogP contribution is -2.36. The summed E-state index contributed by atoms with van der Waals surface area (Å²) < 4.78 is 24.5. The number of rotatable bonds is 5. The van der Waals surface area contributed by atoms with E-state index in [-0.39, 0.29) is 18.4 Å². The highest BCUT2D eigenvalue weighted by Gasteiger charge is 2.35. The van der Waals surface area contributed by atoms with Crippen LogP contribution in [0.1, 0.15) is 19.3 Å². The van der Waals surface area contributed by atoms with Gasteiger partial charge in [0.05, 0.1) is 12.4 Å². The predicted molar refractivity (Wildman–Crippen MR) is 55.4 cm³/mol. The minimum atomic E-state index is -3.09. The molecule has 82 valence electrons. The van der Waals surface area contributed by atoms with Gasteiger partial charge in [-0.15, -0.1) is 6.58 Å². The Balaban J connectivity index is 2.56. The standard InChI is InChI=1S/C9H17NO3S/c1-2-3-4-6-10-9(8-11)5-7-14(10,12)13/h2,9,11H,1,3-8H2/t9-/m1/s1. The fourth-order valence-electron chi connectivity index (χ4n) is 1.67. The second-order valence-electron chi connectivity index (χ2n) is 3.48. The highest BCUT2D eigenvalue weighted by atomic mass is 32.2. The van der Waals surface area contributed by atoms with Gasteiger partial charge in [0.2, 0.25) is 10.0 Å². The highest BCUT2D eigenvalue weighted by Crippen LogP contribution is 2.21. The quantitative estimate of drug-likeness (QED) is 0.536. The van der Waals surface area contributed by atoms with E-state index in [4.69, 9.17) is 5.11 Å². The molecule has 0 bridgehead atoms. The fourth-order valence-corrected chi connectivity index (χ4v) is 3.51. The number of hydrogen-bond donors (Lipinski definition) is 1. The van der Waals surface area contributed by atoms with Crippen LogP contribution in [0.15, 0.2) is 12.7 Å². The molecule has 0 amide bonds. The number of nitrogens with zero attached hydrogens (tertiary/aromatic N) is 1. The molecule has 1 atom stereocenters. The van der Waals surface area contributed by atoms with E-state index in [1.54, 1.807) is 6.08 Å². The van der Waals surface area contributed by atoms with Gasteiger partial charge in [-0.05, 0) is 19.3 Å². The Bertz CT molecular complexity index is 286. The smallest absolute Gasteiger partial charge is 0.214 e. The van der Waals surface area contributed by atoms with Crippen molar-refractivity contribution >= 4 is 10.0 Å². The van der Waals surface area contributed by atoms with Crippen molar-refractivity contribution in [3.63, 3.8) is 0 Å². The summed E-state index contributed by atoms with van der Waals surface area (Å²) in [5.74, 6) is 0.173. The third-order valence-electron chi connectivity index (χ3n) is 2.47. The van der Waals surface area contributed by atoms with Crippen molar-refractivity contribution in [1.29, 1.82) is 0 Å². The van der Waals surface area contributed by atoms with E-state index in [0.717, 1.165) is 12.8 Å². The van der Waals surface area contributed by atoms with Gasteiger partial charge in [-0.3, -0.25) is 0 Å². The van der Waals surface area contributed by atoms with Crippen LogP contribution in [0.3, 0.4) is 0 Å². The van der Waals surface area contributed by atoms with Crippen molar-refractivity contribution < 1.29 is 13.5 Å². The third-order valence-corrected chi connectivity index (χ3v) is 4.42. The van der Waals surface area contributed by atoms with Gasteiger partial charge in [0, 0.05) is 12.6 Å². The van der Waals surface area contributed by atoms with E-state index in [2.05, 4.69) is 6.58 Å². The Hall–Kier alpha value is -0.390. The lowest BCUT2D eigenvalue weighted by atomic mass is 10.2. The molecule has 0 spiro atoms. The lowest BCUT2D eigenvalue weighted by molar-refractivity contribution is 0.195. The molecule has 1 aliphatic rings. The summed E-state index contributed by atoms with van der Waals surface area (Å²) in [4.78, 5) is 0. The molecule has 0 aliphatic carbocycles. The number of hydrogen-bond acceptors (Lipinski definition) is 3. The van der Waals surface area contributed by atoms with E-state index in [0.29, 0.717) is 13.0 Å². The molecule has 0 saturated carbocycles. The number of sulfonamides is 1. The summed E-state index contributed by atoms with van der Waals surface area (Å²) in [6.07, 6.45) is 3.91. The predicted octanol–water partition coefficient (Wildman–Crippen LogP) is 0.349. The Labute approximate surface area is 85.3 Å². The van der Waals surface area contributed by atoms with Gasteiger partial charge in [0.1, 0.15) is 0 Å². The molecule has 1 N–H and O–H groups in total. The minimum absolute atomic E-state index is 0.0761. The van der Waals surface area contributed by atoms with Crippen LogP contribution in [0.4, 0.5) is 0 Å². The Morgan fingerprint density at radius 3 is 2.86 bits per heavy atom. The van der Waals surface area contributed by atoms with Crippen molar-refractivity contribution in [3.05, 3.63) is 12.7 Å². The molecule has 1 fully saturated rings. The molecule has 5 heteroatoms. The van der Waals surface area contributed by atoms with Crippen molar-refractivity contribution in [2.45, 2.75) is 25.3 Å². The first kappa shape index (κ1) is 11.7. The molecule has 1 heterocycles. The average molecular weight is 219 g/mol. The minimum Gasteiger partial charge on any atom is -0.395 e. The fraction of sp³-hybridized carbons (Fsp3) is 0.778. The first-order valence-corrected chi connectivity index (χ1v) is 6.44. The van der Waals surface area contributed by atoms with Gasteiger partial charge < -0.3 is 5.11 Å². The molecule has 14 heavy (non-hydrogen) atoms. The maximum Gasteiger partial charge on any atom is 0.214 e. The topological polar surface area (TPSA) is 57.6 Å². The SMILES string of the molecule is C=CCCCN1[C@@H](CO)CCS1(=O)=O. The average Bonchev–Trinajstić information content (AvgIpc) is 2.43. The molecule has 0 aromatic heterocycles. The van der Waals surface area contributed by atoms with Crippen LogP contribution in [0.2, 0.25) is 0 Å². The van der Waals surface area contributed by atoms with Gasteiger partial charge in [0.15, 0.2) is 0 Å². The van der Waals surface area contributed by atoms with E-state index in [9.17, 15) is 8.42 Å². The van der Waals surface area contributed by atoms with Crippen LogP contribution in [-0.2, 0) is 10.0 Å². The van der Waals surface area contributed by atoms with E-state index >= 15 is 0 Å². The first-order chi connectivity index (χ1) is 6.61. The van der Waals surface area contributed by atoms with Crippen molar-refractivity contribution in [2.24, 2.45) is 0 Å². The van der Waals surface area contributed by atoms with Crippen molar-refractivity contribution in [2.75, 3.05) is 18.9 Å². The van der Waals surface area contributed by atoms with Crippen LogP contribution >= 0.6 is 0 Å². The van der Waals surface area contributed by atoms with Gasteiger partial charge in [-0.1, -0.05) is 6.08 Å². The van der Waals surface area contributed by atoms with Gasteiger partial charge >= 0.3 is 0 Å². The van der Waals surface area contributed by atoms with Crippen LogP contribution in [0.5, 0.6) is 0 Å². The second-order valence-corrected chi connectivity index (χ2v) is 5.52. The summed E-state index contributed by atoms with van der Waals surface area (Å²) in [5.41, 5.74) is 0. The van der Waals surface area contributed by atoms with Crippen LogP contribution in [-0.4, -0.2) is 42.8 Å². The van der Waals surface area contributed by atoms with Crippen LogP contribution in [0, 0.1) is 0 Å². The maximum absolute atomic E-state index is 11.5. The lowest BCUT2D eigenvalue weighted by Gasteiger charge is -2.20. The molecular formula is C9H17NO3S. The largest absolute Gasteiger partial charge is 0.395 e. The summed E-state index contributed by atoms with van der Waals surface area (Å²) in [6.45, 7) is 4.01. The zero-order valence-corrected chi connectivity index (χ0v) is 9.04. The highest BCUT2D eigenvalue weighted by molar-refractivity contribution is 7.89. The molecule has 1 saturated heterocycles. The molecule has 0 aromatic rings. The normalized spacial score (nSPS) is 26.5. The number of unbranched alkanes of at least 4 members (excludes halogenated alkanes) is 1. The number of allylic oxidation sites excluding steroid dienone is 1. The van der Waals surface area contributed by atoms with Crippen LogP contribution in [0.25, 0.3) is 0 Å². The van der Waals surface area contributed by atoms with E-state index in [1.165, 1.54) is 4.31 Å². The molecule has 4 nitrogen and oxygen atoms in total. The Morgan fingerprint density at radius 2 is 2.29 bits per heavy atom. The first-order valence-electron chi connectivity index (χ1n) is 4.83. The summed E-state index contributed by atoms with van der Waals surface area (Å²) >= 11 is 0. The monoisotopic (exact) mass is 219 g/mol. The molecule has 0 unspecified atom stereocenters. The maximum atomic E-state index is 11.5. The van der Waals surface area contributed by atoms with Crippen molar-refractivity contribution in [1.82, 2.24) is 4.31 Å². The zero-order valence-electron chi connectivity index (χ0n) is 8.22. The molecule has 0 radical (unpaired) electrons. The molecular weight excluding hydrogens is 202 g/mol. The molecule has 1 rings (SSSR count). The molecule has 0 aromatic carbocycles. The Kier molecular flexibility index (Phi) is 4.10. The van der Waals surface area contributed by atoms with Crippen molar-refractivity contribution in [3.8, 4) is 0 Å².